The van der Waals surface area contributed by atoms with E-state index in [4.69, 9.17) is 28.4 Å². The zero-order chi connectivity index (χ0) is 20.4. The molecule has 0 N–H and O–H groups in total. The molecule has 0 radical (unpaired) electrons. The lowest BCUT2D eigenvalue weighted by molar-refractivity contribution is -0.135. The maximum absolute atomic E-state index is 12.4. The molecule has 0 saturated carbocycles. The molecule has 2 aromatic carbocycles. The summed E-state index contributed by atoms with van der Waals surface area (Å²) in [6, 6.07) is 9.42. The van der Waals surface area contributed by atoms with Crippen LogP contribution < -0.4 is 23.7 Å². The average Bonchev–Trinajstić information content (AvgIpc) is 3.34. The van der Waals surface area contributed by atoms with E-state index in [9.17, 15) is 4.79 Å². The van der Waals surface area contributed by atoms with Gasteiger partial charge in [0.2, 0.25) is 12.5 Å². The predicted octanol–water partition coefficient (Wildman–Crippen LogP) is 3.24. The Morgan fingerprint density at radius 1 is 0.966 bits per heavy atom. The fraction of sp³-hybridized carbons (Fsp3) is 0.318. The lowest BCUT2D eigenvalue weighted by Crippen LogP contribution is -2.07. The molecule has 152 valence electrons. The number of methoxy groups -OCH3 is 3. The van der Waals surface area contributed by atoms with E-state index in [2.05, 4.69) is 0 Å². The van der Waals surface area contributed by atoms with Crippen molar-refractivity contribution >= 4 is 12.0 Å². The van der Waals surface area contributed by atoms with Crippen LogP contribution in [-0.4, -0.2) is 40.7 Å². The number of hydrogen-bond donors (Lipinski definition) is 0. The molecule has 0 bridgehead atoms. The van der Waals surface area contributed by atoms with Crippen molar-refractivity contribution in [3.05, 3.63) is 47.0 Å². The van der Waals surface area contributed by atoms with Crippen molar-refractivity contribution < 1.29 is 33.2 Å². The lowest BCUT2D eigenvalue weighted by atomic mass is 9.92. The Labute approximate surface area is 168 Å². The fourth-order valence-electron chi connectivity index (χ4n) is 3.58. The highest BCUT2D eigenvalue weighted by atomic mass is 16.7. The summed E-state index contributed by atoms with van der Waals surface area (Å²) in [5.74, 6) is 2.63. The van der Waals surface area contributed by atoms with Crippen LogP contribution in [0.1, 0.15) is 11.1 Å². The van der Waals surface area contributed by atoms with E-state index in [1.54, 1.807) is 33.5 Å². The van der Waals surface area contributed by atoms with Crippen LogP contribution in [0, 0.1) is 5.92 Å². The van der Waals surface area contributed by atoms with Gasteiger partial charge in [0, 0.05) is 11.5 Å². The molecule has 0 aromatic heterocycles. The summed E-state index contributed by atoms with van der Waals surface area (Å²) in [6.07, 6.45) is 2.47. The second kappa shape index (κ2) is 7.95. The van der Waals surface area contributed by atoms with Crippen molar-refractivity contribution in [2.24, 2.45) is 5.92 Å². The summed E-state index contributed by atoms with van der Waals surface area (Å²) in [5.41, 5.74) is 2.43. The Hall–Kier alpha value is -3.35. The van der Waals surface area contributed by atoms with Crippen LogP contribution in [0.3, 0.4) is 0 Å². The highest BCUT2D eigenvalue weighted by Gasteiger charge is 2.31. The molecule has 1 atom stereocenters. The second-order valence-electron chi connectivity index (χ2n) is 6.75. The summed E-state index contributed by atoms with van der Waals surface area (Å²) in [7, 11) is 4.66. The van der Waals surface area contributed by atoms with Gasteiger partial charge < -0.3 is 28.4 Å². The van der Waals surface area contributed by atoms with Crippen LogP contribution in [0.25, 0.3) is 6.08 Å². The highest BCUT2D eigenvalue weighted by molar-refractivity contribution is 5.96. The summed E-state index contributed by atoms with van der Waals surface area (Å²) >= 11 is 0. The van der Waals surface area contributed by atoms with E-state index >= 15 is 0 Å². The first-order valence-corrected chi connectivity index (χ1v) is 9.20. The van der Waals surface area contributed by atoms with Gasteiger partial charge >= 0.3 is 5.97 Å². The summed E-state index contributed by atoms with van der Waals surface area (Å²) < 4.78 is 32.3. The molecule has 1 saturated heterocycles. The summed E-state index contributed by atoms with van der Waals surface area (Å²) in [4.78, 5) is 12.4. The van der Waals surface area contributed by atoms with Gasteiger partial charge in [0.1, 0.15) is 0 Å². The first-order chi connectivity index (χ1) is 14.1. The van der Waals surface area contributed by atoms with E-state index in [-0.39, 0.29) is 18.7 Å². The molecular formula is C22H22O7. The minimum Gasteiger partial charge on any atom is -0.493 e. The van der Waals surface area contributed by atoms with Crippen molar-refractivity contribution in [3.8, 4) is 28.7 Å². The van der Waals surface area contributed by atoms with Crippen molar-refractivity contribution in [1.29, 1.82) is 0 Å². The van der Waals surface area contributed by atoms with E-state index < -0.39 is 0 Å². The van der Waals surface area contributed by atoms with Gasteiger partial charge in [0.05, 0.1) is 27.9 Å². The Bertz CT molecular complexity index is 939. The van der Waals surface area contributed by atoms with Gasteiger partial charge in [-0.2, -0.15) is 0 Å². The molecule has 29 heavy (non-hydrogen) atoms. The topological polar surface area (TPSA) is 72.5 Å². The monoisotopic (exact) mass is 398 g/mol. The van der Waals surface area contributed by atoms with Crippen molar-refractivity contribution in [2.45, 2.75) is 6.42 Å². The van der Waals surface area contributed by atoms with Gasteiger partial charge in [-0.1, -0.05) is 6.07 Å². The number of carbonyl (C=O) groups is 1. The van der Waals surface area contributed by atoms with Gasteiger partial charge in [-0.3, -0.25) is 0 Å². The van der Waals surface area contributed by atoms with Crippen LogP contribution in [-0.2, 0) is 16.0 Å². The fourth-order valence-corrected chi connectivity index (χ4v) is 3.58. The molecule has 2 heterocycles. The maximum Gasteiger partial charge on any atom is 0.334 e. The molecule has 7 nitrogen and oxygen atoms in total. The number of carbonyl (C=O) groups excluding carboxylic acids is 1. The van der Waals surface area contributed by atoms with Gasteiger partial charge in [-0.15, -0.1) is 0 Å². The third kappa shape index (κ3) is 3.68. The molecular weight excluding hydrogens is 376 g/mol. The zero-order valence-electron chi connectivity index (χ0n) is 16.5. The molecule has 0 unspecified atom stereocenters. The number of esters is 1. The highest BCUT2D eigenvalue weighted by Crippen LogP contribution is 2.40. The first-order valence-electron chi connectivity index (χ1n) is 9.20. The van der Waals surface area contributed by atoms with Crippen molar-refractivity contribution in [1.82, 2.24) is 0 Å². The normalized spacial score (nSPS) is 18.7. The molecule has 2 aromatic rings. The van der Waals surface area contributed by atoms with Gasteiger partial charge in [-0.25, -0.2) is 4.79 Å². The maximum atomic E-state index is 12.4. The first kappa shape index (κ1) is 19.0. The zero-order valence-corrected chi connectivity index (χ0v) is 16.5. The van der Waals surface area contributed by atoms with E-state index in [0.717, 1.165) is 22.6 Å². The standard InChI is InChI=1S/C22H22O7/c1-24-19-9-14(10-20(25-2)21(19)26-3)7-16-15(11-27-22(16)23)6-13-4-5-17-18(8-13)29-12-28-17/h4-5,7-10,15H,6,11-12H2,1-3H3/b16-7-/t15-/m0/s1. The van der Waals surface area contributed by atoms with Gasteiger partial charge in [0.25, 0.3) is 0 Å². The van der Waals surface area contributed by atoms with Crippen LogP contribution in [0.4, 0.5) is 0 Å². The molecule has 0 amide bonds. The number of ether oxygens (including phenoxy) is 6. The number of hydrogen-bond acceptors (Lipinski definition) is 7. The predicted molar refractivity (Wildman–Crippen MR) is 105 cm³/mol. The van der Waals surface area contributed by atoms with E-state index in [1.165, 1.54) is 0 Å². The van der Waals surface area contributed by atoms with Crippen LogP contribution >= 0.6 is 0 Å². The van der Waals surface area contributed by atoms with Gasteiger partial charge in [-0.05, 0) is 47.9 Å². The molecule has 0 aliphatic carbocycles. The van der Waals surface area contributed by atoms with Crippen LogP contribution in [0.5, 0.6) is 28.7 Å². The Morgan fingerprint density at radius 3 is 2.38 bits per heavy atom. The number of benzene rings is 2. The van der Waals surface area contributed by atoms with E-state index in [1.807, 2.05) is 24.3 Å². The smallest absolute Gasteiger partial charge is 0.334 e. The SMILES string of the molecule is COc1cc(/C=C2\C(=O)OC[C@@H]2Cc2ccc3c(c2)OCO3)cc(OC)c1OC. The molecule has 2 aliphatic heterocycles. The minimum absolute atomic E-state index is 0.0676. The largest absolute Gasteiger partial charge is 0.493 e. The number of cyclic esters (lactones) is 1. The Balaban J connectivity index is 1.63. The Kier molecular flexibility index (Phi) is 5.20. The number of rotatable bonds is 6. The third-order valence-corrected chi connectivity index (χ3v) is 5.02. The minimum atomic E-state index is -0.315. The average molecular weight is 398 g/mol. The second-order valence-corrected chi connectivity index (χ2v) is 6.75. The molecule has 4 rings (SSSR count). The van der Waals surface area contributed by atoms with Crippen LogP contribution in [0.15, 0.2) is 35.9 Å². The van der Waals surface area contributed by atoms with Crippen molar-refractivity contribution in [3.63, 3.8) is 0 Å². The van der Waals surface area contributed by atoms with Crippen LogP contribution in [0.2, 0.25) is 0 Å². The van der Waals surface area contributed by atoms with Crippen molar-refractivity contribution in [2.75, 3.05) is 34.7 Å². The third-order valence-electron chi connectivity index (χ3n) is 5.02. The molecule has 7 heteroatoms. The molecule has 1 fully saturated rings. The Morgan fingerprint density at radius 2 is 1.69 bits per heavy atom. The summed E-state index contributed by atoms with van der Waals surface area (Å²) in [5, 5.41) is 0. The van der Waals surface area contributed by atoms with Gasteiger partial charge in [0.15, 0.2) is 23.0 Å². The summed E-state index contributed by atoms with van der Waals surface area (Å²) in [6.45, 7) is 0.569. The lowest BCUT2D eigenvalue weighted by Gasteiger charge is -2.14. The quantitative estimate of drug-likeness (QED) is 0.546. The van der Waals surface area contributed by atoms with E-state index in [0.29, 0.717) is 35.8 Å². The molecule has 0 spiro atoms. The number of fused-ring (bicyclic) bond motifs is 1. The molecule has 2 aliphatic rings.